The van der Waals surface area contributed by atoms with Crippen LogP contribution in [0.2, 0.25) is 0 Å². The molecule has 0 saturated carbocycles. The Balaban J connectivity index is 0.000000902. The molecule has 3 nitrogen and oxygen atoms in total. The van der Waals surface area contributed by atoms with Crippen LogP contribution in [0, 0.1) is 0 Å². The second-order valence-corrected chi connectivity index (χ2v) is 3.88. The molecule has 0 atom stereocenters. The van der Waals surface area contributed by atoms with Crippen molar-refractivity contribution >= 4 is 23.3 Å². The highest BCUT2D eigenvalue weighted by Crippen LogP contribution is 2.44. The van der Waals surface area contributed by atoms with Crippen LogP contribution >= 0.6 is 12.4 Å². The van der Waals surface area contributed by atoms with Crippen molar-refractivity contribution in [2.24, 2.45) is 0 Å². The first kappa shape index (κ1) is 10.2. The molecule has 0 unspecified atom stereocenters. The number of hydrogen-bond donors (Lipinski definition) is 0. The fraction of sp³-hybridized carbons (Fsp3) is 0. The first-order valence-electron chi connectivity index (χ1n) is 5.17. The Bertz CT molecular complexity index is 667. The summed E-state index contributed by atoms with van der Waals surface area (Å²) in [5, 5.41) is 13.2. The Morgan fingerprint density at radius 3 is 2.35 bits per heavy atom. The van der Waals surface area contributed by atoms with E-state index in [0.717, 1.165) is 22.2 Å². The third-order valence-electron chi connectivity index (χ3n) is 3.05. The van der Waals surface area contributed by atoms with Gasteiger partial charge >= 0.3 is 0 Å². The van der Waals surface area contributed by atoms with Crippen molar-refractivity contribution in [2.75, 3.05) is 0 Å². The summed E-state index contributed by atoms with van der Waals surface area (Å²) < 4.78 is 0. The van der Waals surface area contributed by atoms with Crippen molar-refractivity contribution in [1.82, 2.24) is 15.4 Å². The quantitative estimate of drug-likeness (QED) is 0.475. The lowest BCUT2D eigenvalue weighted by atomic mass is 10.1. The zero-order valence-corrected chi connectivity index (χ0v) is 9.61. The molecule has 1 aliphatic carbocycles. The minimum atomic E-state index is 0. The van der Waals surface area contributed by atoms with Crippen molar-refractivity contribution in [2.45, 2.75) is 0 Å². The average molecular weight is 242 g/mol. The lowest BCUT2D eigenvalue weighted by Gasteiger charge is -1.98. The van der Waals surface area contributed by atoms with Crippen LogP contribution < -0.4 is 0 Å². The molecular weight excluding hydrogens is 234 g/mol. The third kappa shape index (κ3) is 1.20. The molecule has 0 N–H and O–H groups in total. The largest absolute Gasteiger partial charge is 0.147 e. The Hall–Kier alpha value is -2.00. The molecule has 0 radical (unpaired) electrons. The van der Waals surface area contributed by atoms with Gasteiger partial charge in [-0.05, 0) is 22.4 Å². The van der Waals surface area contributed by atoms with Crippen LogP contribution in [0.25, 0.3) is 33.3 Å². The maximum Gasteiger partial charge on any atom is 0.105 e. The molecule has 1 aliphatic rings. The van der Waals surface area contributed by atoms with Gasteiger partial charge in [-0.15, -0.1) is 22.6 Å². The molecular formula is C13H8ClN3. The number of aromatic nitrogens is 3. The maximum absolute atomic E-state index is 4.16. The van der Waals surface area contributed by atoms with Crippen molar-refractivity contribution in [3.63, 3.8) is 0 Å². The molecule has 4 heteroatoms. The van der Waals surface area contributed by atoms with Crippen molar-refractivity contribution in [1.29, 1.82) is 0 Å². The minimum absolute atomic E-state index is 0. The van der Waals surface area contributed by atoms with Gasteiger partial charge in [0.1, 0.15) is 5.69 Å². The molecule has 0 bridgehead atoms. The molecule has 0 spiro atoms. The average Bonchev–Trinajstić information content (AvgIpc) is 2.68. The Kier molecular flexibility index (Phi) is 2.09. The maximum atomic E-state index is 4.16. The van der Waals surface area contributed by atoms with Gasteiger partial charge in [0.25, 0.3) is 0 Å². The van der Waals surface area contributed by atoms with Gasteiger partial charge in [-0.25, -0.2) is 0 Å². The molecule has 17 heavy (non-hydrogen) atoms. The Labute approximate surface area is 104 Å². The number of halogens is 1. The van der Waals surface area contributed by atoms with Crippen molar-refractivity contribution in [3.8, 4) is 22.4 Å². The summed E-state index contributed by atoms with van der Waals surface area (Å²) in [6.45, 7) is 0. The number of fused-ring (bicyclic) bond motifs is 3. The summed E-state index contributed by atoms with van der Waals surface area (Å²) in [5.41, 5.74) is 5.47. The van der Waals surface area contributed by atoms with E-state index in [0.29, 0.717) is 0 Å². The summed E-state index contributed by atoms with van der Waals surface area (Å²) in [4.78, 5) is 0. The monoisotopic (exact) mass is 241 g/mol. The highest BCUT2D eigenvalue weighted by molar-refractivity contribution is 6.12. The van der Waals surface area contributed by atoms with E-state index in [2.05, 4.69) is 33.6 Å². The Morgan fingerprint density at radius 1 is 0.706 bits per heavy atom. The van der Waals surface area contributed by atoms with Crippen LogP contribution in [0.1, 0.15) is 0 Å². The smallest absolute Gasteiger partial charge is 0.105 e. The summed E-state index contributed by atoms with van der Waals surface area (Å²) in [5.74, 6) is 0. The molecule has 1 aromatic heterocycles. The van der Waals surface area contributed by atoms with Gasteiger partial charge in [0.15, 0.2) is 0 Å². The first-order chi connectivity index (χ1) is 7.95. The van der Waals surface area contributed by atoms with Crippen LogP contribution in [0.4, 0.5) is 0 Å². The van der Waals surface area contributed by atoms with Crippen molar-refractivity contribution in [3.05, 3.63) is 42.5 Å². The lowest BCUT2D eigenvalue weighted by Crippen LogP contribution is -1.89. The van der Waals surface area contributed by atoms with E-state index in [1.54, 1.807) is 0 Å². The second kappa shape index (κ2) is 3.50. The summed E-state index contributed by atoms with van der Waals surface area (Å²) >= 11 is 0. The summed E-state index contributed by atoms with van der Waals surface area (Å²) in [6.07, 6.45) is 0. The summed E-state index contributed by atoms with van der Waals surface area (Å²) in [6, 6.07) is 14.4. The van der Waals surface area contributed by atoms with Gasteiger partial charge in [0.05, 0.1) is 5.52 Å². The molecule has 0 fully saturated rings. The molecule has 4 rings (SSSR count). The van der Waals surface area contributed by atoms with E-state index in [1.165, 1.54) is 11.1 Å². The predicted molar refractivity (Wildman–Crippen MR) is 69.0 cm³/mol. The van der Waals surface area contributed by atoms with E-state index in [1.807, 2.05) is 24.3 Å². The van der Waals surface area contributed by atoms with E-state index in [9.17, 15) is 0 Å². The molecule has 0 saturated heterocycles. The zero-order valence-electron chi connectivity index (χ0n) is 8.79. The van der Waals surface area contributed by atoms with Gasteiger partial charge in [-0.2, -0.15) is 0 Å². The minimum Gasteiger partial charge on any atom is -0.147 e. The zero-order chi connectivity index (χ0) is 10.5. The molecule has 82 valence electrons. The fourth-order valence-corrected chi connectivity index (χ4v) is 2.38. The van der Waals surface area contributed by atoms with Gasteiger partial charge in [-0.3, -0.25) is 0 Å². The molecule has 3 aromatic rings. The number of hydrogen-bond acceptors (Lipinski definition) is 3. The van der Waals surface area contributed by atoms with E-state index in [-0.39, 0.29) is 12.4 Å². The fourth-order valence-electron chi connectivity index (χ4n) is 2.38. The molecule has 0 aliphatic heterocycles. The molecule has 1 heterocycles. The first-order valence-corrected chi connectivity index (χ1v) is 5.17. The van der Waals surface area contributed by atoms with Gasteiger partial charge in [-0.1, -0.05) is 36.4 Å². The van der Waals surface area contributed by atoms with E-state index in [4.69, 9.17) is 0 Å². The summed E-state index contributed by atoms with van der Waals surface area (Å²) in [7, 11) is 0. The second-order valence-electron chi connectivity index (χ2n) is 3.88. The van der Waals surface area contributed by atoms with E-state index < -0.39 is 0 Å². The molecule has 0 amide bonds. The standard InChI is InChI=1S/C13H7N3.ClH/c1-2-5-10-8(4-1)9-6-3-7-11-12(9)13(10)15-16-14-11;/h1-7H;1H. The topological polar surface area (TPSA) is 38.7 Å². The third-order valence-corrected chi connectivity index (χ3v) is 3.05. The lowest BCUT2D eigenvalue weighted by molar-refractivity contribution is 0.902. The van der Waals surface area contributed by atoms with Crippen LogP contribution in [-0.4, -0.2) is 15.4 Å². The van der Waals surface area contributed by atoms with Crippen LogP contribution in [0.3, 0.4) is 0 Å². The predicted octanol–water partition coefficient (Wildman–Crippen LogP) is 3.09. The highest BCUT2D eigenvalue weighted by Gasteiger charge is 2.22. The Morgan fingerprint density at radius 2 is 1.47 bits per heavy atom. The van der Waals surface area contributed by atoms with Crippen LogP contribution in [0.5, 0.6) is 0 Å². The molecule has 2 aromatic carbocycles. The van der Waals surface area contributed by atoms with Gasteiger partial charge in [0, 0.05) is 10.9 Å². The SMILES string of the molecule is Cl.c1ccc2c(c1)-c1cccc3nnnc-2c13. The van der Waals surface area contributed by atoms with Gasteiger partial charge < -0.3 is 0 Å². The number of nitrogens with zero attached hydrogens (tertiary/aromatic N) is 3. The van der Waals surface area contributed by atoms with Crippen LogP contribution in [-0.2, 0) is 0 Å². The van der Waals surface area contributed by atoms with E-state index >= 15 is 0 Å². The van der Waals surface area contributed by atoms with Crippen molar-refractivity contribution < 1.29 is 0 Å². The number of benzene rings is 2. The van der Waals surface area contributed by atoms with Crippen LogP contribution in [0.15, 0.2) is 42.5 Å². The number of rotatable bonds is 0. The van der Waals surface area contributed by atoms with Gasteiger partial charge in [0.2, 0.25) is 0 Å². The normalized spacial score (nSPS) is 11.1. The highest BCUT2D eigenvalue weighted by atomic mass is 35.5.